The molecule has 102 valence electrons. The van der Waals surface area contributed by atoms with Gasteiger partial charge in [-0.15, -0.1) is 0 Å². The third-order valence-electron chi connectivity index (χ3n) is 4.13. The van der Waals surface area contributed by atoms with Gasteiger partial charge in [0.2, 0.25) is 0 Å². The summed E-state index contributed by atoms with van der Waals surface area (Å²) in [4.78, 5) is 12.5. The van der Waals surface area contributed by atoms with Gasteiger partial charge in [0.05, 0.1) is 5.71 Å². The summed E-state index contributed by atoms with van der Waals surface area (Å²) < 4.78 is 0. The number of aromatic nitrogens is 1. The van der Waals surface area contributed by atoms with Crippen LogP contribution in [0, 0.1) is 0 Å². The molecular formula is C15H21N3O. The Morgan fingerprint density at radius 3 is 3.05 bits per heavy atom. The molecular weight excluding hydrogens is 238 g/mol. The Morgan fingerprint density at radius 1 is 1.42 bits per heavy atom. The first-order valence-electron chi connectivity index (χ1n) is 7.08. The summed E-state index contributed by atoms with van der Waals surface area (Å²) >= 11 is 0. The van der Waals surface area contributed by atoms with E-state index in [0.29, 0.717) is 6.04 Å². The van der Waals surface area contributed by atoms with Crippen LogP contribution in [0.25, 0.3) is 0 Å². The lowest BCUT2D eigenvalue weighted by Crippen LogP contribution is -2.50. The molecule has 1 aromatic rings. The van der Waals surface area contributed by atoms with E-state index in [-0.39, 0.29) is 5.60 Å². The Labute approximate surface area is 114 Å². The predicted octanol–water partition coefficient (Wildman–Crippen LogP) is 2.45. The molecule has 4 heteroatoms. The fourth-order valence-corrected chi connectivity index (χ4v) is 3.00. The van der Waals surface area contributed by atoms with Crippen LogP contribution >= 0.6 is 0 Å². The number of oxime groups is 1. The van der Waals surface area contributed by atoms with E-state index in [1.165, 1.54) is 13.0 Å². The average Bonchev–Trinajstić information content (AvgIpc) is 2.83. The minimum absolute atomic E-state index is 0.103. The second kappa shape index (κ2) is 4.93. The SMILES string of the molecule is CC(C)N1CCCC2(CC(c3cccnc3)=NO2)C1. The van der Waals surface area contributed by atoms with E-state index in [0.717, 1.165) is 30.7 Å². The van der Waals surface area contributed by atoms with E-state index in [4.69, 9.17) is 4.84 Å². The molecule has 0 amide bonds. The van der Waals surface area contributed by atoms with Gasteiger partial charge in [-0.1, -0.05) is 5.16 Å². The predicted molar refractivity (Wildman–Crippen MR) is 75.2 cm³/mol. The molecule has 3 rings (SSSR count). The third-order valence-corrected chi connectivity index (χ3v) is 4.13. The van der Waals surface area contributed by atoms with Crippen molar-refractivity contribution in [3.63, 3.8) is 0 Å². The van der Waals surface area contributed by atoms with E-state index in [1.807, 2.05) is 12.3 Å². The van der Waals surface area contributed by atoms with Gasteiger partial charge in [-0.3, -0.25) is 9.88 Å². The molecule has 3 heterocycles. The van der Waals surface area contributed by atoms with Crippen LogP contribution in [0.4, 0.5) is 0 Å². The molecule has 0 radical (unpaired) electrons. The van der Waals surface area contributed by atoms with Gasteiger partial charge >= 0.3 is 0 Å². The van der Waals surface area contributed by atoms with Crippen molar-refractivity contribution in [1.29, 1.82) is 0 Å². The molecule has 1 fully saturated rings. The lowest BCUT2D eigenvalue weighted by molar-refractivity contribution is -0.0748. The van der Waals surface area contributed by atoms with Crippen LogP contribution in [-0.4, -0.2) is 40.3 Å². The van der Waals surface area contributed by atoms with Crippen LogP contribution < -0.4 is 0 Å². The highest BCUT2D eigenvalue weighted by molar-refractivity contribution is 6.01. The van der Waals surface area contributed by atoms with E-state index >= 15 is 0 Å². The number of hydrogen-bond acceptors (Lipinski definition) is 4. The normalized spacial score (nSPS) is 27.6. The van der Waals surface area contributed by atoms with Gasteiger partial charge in [-0.05, 0) is 45.4 Å². The van der Waals surface area contributed by atoms with Crippen LogP contribution in [0.15, 0.2) is 29.7 Å². The minimum atomic E-state index is -0.103. The number of nitrogens with zero attached hydrogens (tertiary/aromatic N) is 3. The standard InChI is InChI=1S/C15H21N3O/c1-12(2)18-8-4-6-15(11-18)9-14(17-19-15)13-5-3-7-16-10-13/h3,5,7,10,12H,4,6,8-9,11H2,1-2H3. The summed E-state index contributed by atoms with van der Waals surface area (Å²) in [6.07, 6.45) is 6.85. The van der Waals surface area contributed by atoms with Crippen molar-refractivity contribution < 1.29 is 4.84 Å². The summed E-state index contributed by atoms with van der Waals surface area (Å²) in [6, 6.07) is 4.57. The molecule has 1 saturated heterocycles. The summed E-state index contributed by atoms with van der Waals surface area (Å²) in [5.41, 5.74) is 2.02. The van der Waals surface area contributed by atoms with Crippen molar-refractivity contribution in [2.45, 2.75) is 44.8 Å². The van der Waals surface area contributed by atoms with Crippen molar-refractivity contribution >= 4 is 5.71 Å². The van der Waals surface area contributed by atoms with Gasteiger partial charge < -0.3 is 4.84 Å². The zero-order valence-corrected chi connectivity index (χ0v) is 11.7. The Kier molecular flexibility index (Phi) is 3.27. The van der Waals surface area contributed by atoms with Crippen LogP contribution in [-0.2, 0) is 4.84 Å². The van der Waals surface area contributed by atoms with Crippen molar-refractivity contribution in [2.75, 3.05) is 13.1 Å². The highest BCUT2D eigenvalue weighted by Gasteiger charge is 2.43. The molecule has 0 N–H and O–H groups in total. The highest BCUT2D eigenvalue weighted by Crippen LogP contribution is 2.35. The Bertz CT molecular complexity index is 472. The summed E-state index contributed by atoms with van der Waals surface area (Å²) in [7, 11) is 0. The van der Waals surface area contributed by atoms with Crippen molar-refractivity contribution in [3.8, 4) is 0 Å². The van der Waals surface area contributed by atoms with Crippen LogP contribution in [0.5, 0.6) is 0 Å². The summed E-state index contributed by atoms with van der Waals surface area (Å²) in [6.45, 7) is 6.65. The molecule has 0 saturated carbocycles. The molecule has 1 atom stereocenters. The molecule has 19 heavy (non-hydrogen) atoms. The van der Waals surface area contributed by atoms with Crippen LogP contribution in [0.1, 0.15) is 38.7 Å². The molecule has 4 nitrogen and oxygen atoms in total. The van der Waals surface area contributed by atoms with E-state index in [9.17, 15) is 0 Å². The first kappa shape index (κ1) is 12.6. The fourth-order valence-electron chi connectivity index (χ4n) is 3.00. The molecule has 1 unspecified atom stereocenters. The highest BCUT2D eigenvalue weighted by atomic mass is 16.7. The number of piperidine rings is 1. The minimum Gasteiger partial charge on any atom is -0.387 e. The molecule has 1 spiro atoms. The quantitative estimate of drug-likeness (QED) is 0.818. The van der Waals surface area contributed by atoms with E-state index in [2.05, 4.69) is 35.0 Å². The third kappa shape index (κ3) is 2.50. The molecule has 0 aromatic carbocycles. The van der Waals surface area contributed by atoms with Crippen LogP contribution in [0.2, 0.25) is 0 Å². The molecule has 2 aliphatic heterocycles. The maximum atomic E-state index is 5.85. The number of hydrogen-bond donors (Lipinski definition) is 0. The Balaban J connectivity index is 1.73. The lowest BCUT2D eigenvalue weighted by atomic mass is 9.86. The average molecular weight is 259 g/mol. The Morgan fingerprint density at radius 2 is 2.32 bits per heavy atom. The second-order valence-corrected chi connectivity index (χ2v) is 5.90. The zero-order chi connectivity index (χ0) is 13.3. The number of rotatable bonds is 2. The Hall–Kier alpha value is -1.42. The summed E-state index contributed by atoms with van der Waals surface area (Å²) in [5, 5.41) is 4.33. The molecule has 1 aromatic heterocycles. The largest absolute Gasteiger partial charge is 0.387 e. The van der Waals surface area contributed by atoms with Crippen molar-refractivity contribution in [3.05, 3.63) is 30.1 Å². The van der Waals surface area contributed by atoms with Gasteiger partial charge in [-0.25, -0.2) is 0 Å². The topological polar surface area (TPSA) is 37.7 Å². The maximum absolute atomic E-state index is 5.85. The molecule has 0 aliphatic carbocycles. The van der Waals surface area contributed by atoms with Gasteiger partial charge in [0.15, 0.2) is 5.60 Å². The van der Waals surface area contributed by atoms with Gasteiger partial charge in [0.1, 0.15) is 0 Å². The first-order chi connectivity index (χ1) is 9.19. The number of likely N-dealkylation sites (tertiary alicyclic amines) is 1. The van der Waals surface area contributed by atoms with E-state index in [1.54, 1.807) is 6.20 Å². The smallest absolute Gasteiger partial charge is 0.156 e. The van der Waals surface area contributed by atoms with Gasteiger partial charge in [0, 0.05) is 37.0 Å². The number of pyridine rings is 1. The lowest BCUT2D eigenvalue weighted by Gasteiger charge is -2.40. The fraction of sp³-hybridized carbons (Fsp3) is 0.600. The van der Waals surface area contributed by atoms with Gasteiger partial charge in [-0.2, -0.15) is 0 Å². The first-order valence-corrected chi connectivity index (χ1v) is 7.08. The van der Waals surface area contributed by atoms with Crippen molar-refractivity contribution in [2.24, 2.45) is 5.16 Å². The molecule has 2 aliphatic rings. The van der Waals surface area contributed by atoms with Gasteiger partial charge in [0.25, 0.3) is 0 Å². The van der Waals surface area contributed by atoms with Crippen LogP contribution in [0.3, 0.4) is 0 Å². The van der Waals surface area contributed by atoms with E-state index < -0.39 is 0 Å². The monoisotopic (exact) mass is 259 g/mol. The summed E-state index contributed by atoms with van der Waals surface area (Å²) in [5.74, 6) is 0. The van der Waals surface area contributed by atoms with Crippen molar-refractivity contribution in [1.82, 2.24) is 9.88 Å². The maximum Gasteiger partial charge on any atom is 0.156 e. The molecule has 0 bridgehead atoms. The zero-order valence-electron chi connectivity index (χ0n) is 11.7. The second-order valence-electron chi connectivity index (χ2n) is 5.90.